The lowest BCUT2D eigenvalue weighted by Gasteiger charge is -2.12. The summed E-state index contributed by atoms with van der Waals surface area (Å²) >= 11 is 5.74. The van der Waals surface area contributed by atoms with Crippen LogP contribution in [0.1, 0.15) is 71.1 Å². The Morgan fingerprint density at radius 1 is 0.442 bits per heavy atom. The lowest BCUT2D eigenvalue weighted by Crippen LogP contribution is -1.99. The second-order valence-corrected chi connectivity index (χ2v) is 17.7. The molecule has 0 bridgehead atoms. The van der Waals surface area contributed by atoms with Gasteiger partial charge in [0.1, 0.15) is 0 Å². The zero-order chi connectivity index (χ0) is 34.9. The monoisotopic (exact) mass is 731 g/mol. The fourth-order valence-corrected chi connectivity index (χ4v) is 11.3. The van der Waals surface area contributed by atoms with E-state index in [-0.39, 0.29) is 0 Å². The minimum Gasteiger partial charge on any atom is -0.340 e. The summed E-state index contributed by atoms with van der Waals surface area (Å²) in [6.07, 6.45) is 13.5. The quantitative estimate of drug-likeness (QED) is 0.0982. The van der Waals surface area contributed by atoms with Crippen molar-refractivity contribution in [2.24, 2.45) is 0 Å². The van der Waals surface area contributed by atoms with Gasteiger partial charge in [0.2, 0.25) is 0 Å². The van der Waals surface area contributed by atoms with Gasteiger partial charge in [-0.15, -0.1) is 34.0 Å². The molecule has 0 saturated heterocycles. The van der Waals surface area contributed by atoms with Crippen LogP contribution in [-0.4, -0.2) is 4.57 Å². The van der Waals surface area contributed by atoms with Crippen molar-refractivity contribution in [3.05, 3.63) is 121 Å². The molecule has 5 aromatic carbocycles. The van der Waals surface area contributed by atoms with Gasteiger partial charge in [-0.05, 0) is 94.4 Å². The van der Waals surface area contributed by atoms with Crippen LogP contribution in [0, 0.1) is 0 Å². The fourth-order valence-electron chi connectivity index (χ4n) is 8.07. The summed E-state index contributed by atoms with van der Waals surface area (Å²) in [4.78, 5) is 4.02. The Balaban J connectivity index is 1.17. The topological polar surface area (TPSA) is 4.93 Å². The maximum atomic E-state index is 2.68. The van der Waals surface area contributed by atoms with E-state index in [0.717, 1.165) is 6.54 Å². The number of fused-ring (bicyclic) bond motifs is 6. The van der Waals surface area contributed by atoms with Gasteiger partial charge in [-0.3, -0.25) is 0 Å². The van der Waals surface area contributed by atoms with E-state index in [1.165, 1.54) is 148 Å². The molecule has 0 radical (unpaired) electrons. The molecule has 0 spiro atoms. The number of nitrogens with zero attached hydrogens (tertiary/aromatic N) is 1. The highest BCUT2D eigenvalue weighted by Gasteiger charge is 2.20. The van der Waals surface area contributed by atoms with Crippen molar-refractivity contribution < 1.29 is 0 Å². The lowest BCUT2D eigenvalue weighted by atomic mass is 10.0. The predicted molar refractivity (Wildman–Crippen MR) is 234 cm³/mol. The standard InChI is InChI=1S/C48H45NS3/c1-2-3-4-5-6-7-8-9-10-17-26-49-41-25-24-36(45-30-33-18-11-14-21-42(33)50-45)27-38(41)39-28-37(46-31-34-19-12-15-22-43(34)51-46)29-40(48(39)49)47-32-35-20-13-16-23-44(35)52-47/h11-16,18-25,27-32H,2-10,17,26H2,1H3. The van der Waals surface area contributed by atoms with Crippen molar-refractivity contribution in [1.82, 2.24) is 4.57 Å². The molecule has 1 nitrogen and oxygen atoms in total. The Kier molecular flexibility index (Phi) is 9.71. The van der Waals surface area contributed by atoms with E-state index in [4.69, 9.17) is 0 Å². The fraction of sp³-hybridized carbons (Fsp3) is 0.250. The van der Waals surface area contributed by atoms with Crippen molar-refractivity contribution in [2.75, 3.05) is 0 Å². The van der Waals surface area contributed by atoms with Crippen molar-refractivity contribution in [3.63, 3.8) is 0 Å². The minimum absolute atomic E-state index is 1.04. The molecule has 0 saturated carbocycles. The molecule has 9 aromatic rings. The van der Waals surface area contributed by atoms with Crippen LogP contribution >= 0.6 is 34.0 Å². The maximum absolute atomic E-state index is 2.68. The third-order valence-electron chi connectivity index (χ3n) is 10.8. The number of unbranched alkanes of at least 4 members (excludes halogenated alkanes) is 9. The van der Waals surface area contributed by atoms with Gasteiger partial charge in [-0.1, -0.05) is 125 Å². The van der Waals surface area contributed by atoms with E-state index in [0.29, 0.717) is 0 Å². The molecule has 4 heterocycles. The average Bonchev–Trinajstić information content (AvgIpc) is 3.98. The molecule has 9 rings (SSSR count). The molecule has 52 heavy (non-hydrogen) atoms. The molecule has 4 heteroatoms. The Morgan fingerprint density at radius 2 is 0.942 bits per heavy atom. The summed E-state index contributed by atoms with van der Waals surface area (Å²) in [7, 11) is 0. The van der Waals surface area contributed by atoms with E-state index in [9.17, 15) is 0 Å². The summed E-state index contributed by atoms with van der Waals surface area (Å²) < 4.78 is 6.72. The summed E-state index contributed by atoms with van der Waals surface area (Å²) in [6.45, 7) is 3.34. The van der Waals surface area contributed by atoms with Gasteiger partial charge in [-0.25, -0.2) is 0 Å². The van der Waals surface area contributed by atoms with E-state index in [2.05, 4.69) is 133 Å². The molecule has 4 aromatic heterocycles. The zero-order valence-corrected chi connectivity index (χ0v) is 32.4. The largest absolute Gasteiger partial charge is 0.340 e. The molecule has 0 aliphatic rings. The number of aryl methyl sites for hydroxylation is 1. The smallest absolute Gasteiger partial charge is 0.0579 e. The molecule has 0 amide bonds. The van der Waals surface area contributed by atoms with Gasteiger partial charge in [0.15, 0.2) is 0 Å². The predicted octanol–water partition coefficient (Wildman–Crippen LogP) is 16.4. The van der Waals surface area contributed by atoms with Crippen LogP contribution in [0.4, 0.5) is 0 Å². The molecule has 0 N–H and O–H groups in total. The van der Waals surface area contributed by atoms with Crippen LogP contribution in [0.3, 0.4) is 0 Å². The molecule has 0 atom stereocenters. The number of hydrogen-bond acceptors (Lipinski definition) is 3. The molecule has 0 fully saturated rings. The Labute approximate surface area is 319 Å². The summed E-state index contributed by atoms with van der Waals surface area (Å²) in [5.74, 6) is 0. The third-order valence-corrected chi connectivity index (χ3v) is 14.3. The molecular weight excluding hydrogens is 687 g/mol. The van der Waals surface area contributed by atoms with E-state index in [1.807, 2.05) is 34.0 Å². The second-order valence-electron chi connectivity index (χ2n) is 14.4. The number of aromatic nitrogens is 1. The van der Waals surface area contributed by atoms with Crippen molar-refractivity contribution in [1.29, 1.82) is 0 Å². The van der Waals surface area contributed by atoms with Crippen molar-refractivity contribution in [2.45, 2.75) is 77.7 Å². The van der Waals surface area contributed by atoms with Gasteiger partial charge >= 0.3 is 0 Å². The van der Waals surface area contributed by atoms with Crippen molar-refractivity contribution in [3.8, 4) is 31.3 Å². The van der Waals surface area contributed by atoms with Gasteiger partial charge in [0.25, 0.3) is 0 Å². The molecule has 0 aliphatic carbocycles. The van der Waals surface area contributed by atoms with Gasteiger partial charge in [0, 0.05) is 57.1 Å². The Hall–Kier alpha value is -4.22. The van der Waals surface area contributed by atoms with E-state index < -0.39 is 0 Å². The number of thiophene rings is 3. The summed E-state index contributed by atoms with van der Waals surface area (Å²) in [6, 6.07) is 45.9. The van der Waals surface area contributed by atoms with E-state index >= 15 is 0 Å². The first-order valence-electron chi connectivity index (χ1n) is 19.3. The van der Waals surface area contributed by atoms with Crippen LogP contribution < -0.4 is 0 Å². The maximum Gasteiger partial charge on any atom is 0.0579 e. The summed E-state index contributed by atoms with van der Waals surface area (Å²) in [5, 5.41) is 6.70. The van der Waals surface area contributed by atoms with E-state index in [1.54, 1.807) is 0 Å². The SMILES string of the molecule is CCCCCCCCCCCCn1c2ccc(-c3cc4ccccc4s3)cc2c2cc(-c3cc4ccccc4s3)cc(-c3cc4ccccc4s3)c21. The van der Waals surface area contributed by atoms with Crippen molar-refractivity contribution >= 4 is 86.1 Å². The minimum atomic E-state index is 1.04. The van der Waals surface area contributed by atoms with Crippen LogP contribution in [0.2, 0.25) is 0 Å². The van der Waals surface area contributed by atoms with Gasteiger partial charge in [0.05, 0.1) is 5.52 Å². The third kappa shape index (κ3) is 6.62. The first-order valence-corrected chi connectivity index (χ1v) is 21.8. The first-order chi connectivity index (χ1) is 25.7. The highest BCUT2D eigenvalue weighted by Crippen LogP contribution is 2.46. The average molecular weight is 732 g/mol. The number of hydrogen-bond donors (Lipinski definition) is 0. The summed E-state index contributed by atoms with van der Waals surface area (Å²) in [5.41, 5.74) is 6.72. The highest BCUT2D eigenvalue weighted by atomic mass is 32.1. The second kappa shape index (κ2) is 15.0. The molecule has 260 valence electrons. The van der Waals surface area contributed by atoms with Gasteiger partial charge < -0.3 is 4.57 Å². The highest BCUT2D eigenvalue weighted by molar-refractivity contribution is 7.23. The van der Waals surface area contributed by atoms with Crippen LogP contribution in [0.25, 0.3) is 83.4 Å². The van der Waals surface area contributed by atoms with Crippen LogP contribution in [0.15, 0.2) is 121 Å². The Bertz CT molecular complexity index is 2540. The van der Waals surface area contributed by atoms with Crippen LogP contribution in [-0.2, 0) is 6.54 Å². The normalized spacial score (nSPS) is 12.0. The number of rotatable bonds is 14. The number of benzene rings is 5. The molecule has 0 unspecified atom stereocenters. The molecular formula is C48H45NS3. The molecule has 0 aliphatic heterocycles. The Morgan fingerprint density at radius 3 is 1.54 bits per heavy atom. The first kappa shape index (κ1) is 33.6. The van der Waals surface area contributed by atoms with Gasteiger partial charge in [-0.2, -0.15) is 0 Å². The lowest BCUT2D eigenvalue weighted by molar-refractivity contribution is 0.541. The van der Waals surface area contributed by atoms with Crippen LogP contribution in [0.5, 0.6) is 0 Å². The zero-order valence-electron chi connectivity index (χ0n) is 30.0.